The Bertz CT molecular complexity index is 592. The number of aryl methyl sites for hydroxylation is 1. The third-order valence-corrected chi connectivity index (χ3v) is 5.17. The van der Waals surface area contributed by atoms with Gasteiger partial charge in [0.25, 0.3) is 0 Å². The fourth-order valence-corrected chi connectivity index (χ4v) is 4.10. The summed E-state index contributed by atoms with van der Waals surface area (Å²) < 4.78 is 5.83. The van der Waals surface area contributed by atoms with Crippen molar-refractivity contribution in [1.82, 2.24) is 5.32 Å². The largest absolute Gasteiger partial charge is 0.493 e. The normalized spacial score (nSPS) is 18.9. The third-order valence-electron chi connectivity index (χ3n) is 4.09. The molecular formula is C18H23NOS. The maximum atomic E-state index is 5.83. The molecule has 2 nitrogen and oxygen atoms in total. The second-order valence-electron chi connectivity index (χ2n) is 5.66. The molecule has 0 aliphatic carbocycles. The third kappa shape index (κ3) is 3.14. The van der Waals surface area contributed by atoms with Crippen LogP contribution < -0.4 is 10.1 Å². The molecule has 2 aromatic rings. The lowest BCUT2D eigenvalue weighted by atomic mass is 9.85. The second kappa shape index (κ2) is 6.63. The highest BCUT2D eigenvalue weighted by molar-refractivity contribution is 7.12. The molecule has 0 bridgehead atoms. The van der Waals surface area contributed by atoms with Crippen LogP contribution in [0.1, 0.15) is 47.0 Å². The molecule has 112 valence electrons. The van der Waals surface area contributed by atoms with Gasteiger partial charge in [0, 0.05) is 21.7 Å². The first kappa shape index (κ1) is 14.6. The lowest BCUT2D eigenvalue weighted by Gasteiger charge is -2.32. The number of benzene rings is 1. The van der Waals surface area contributed by atoms with Crippen molar-refractivity contribution in [2.75, 3.05) is 13.2 Å². The molecule has 0 fully saturated rings. The quantitative estimate of drug-likeness (QED) is 0.867. The van der Waals surface area contributed by atoms with Gasteiger partial charge < -0.3 is 10.1 Å². The maximum Gasteiger partial charge on any atom is 0.122 e. The smallest absolute Gasteiger partial charge is 0.122 e. The van der Waals surface area contributed by atoms with E-state index >= 15 is 0 Å². The molecule has 3 heteroatoms. The minimum Gasteiger partial charge on any atom is -0.493 e. The van der Waals surface area contributed by atoms with E-state index in [9.17, 15) is 0 Å². The topological polar surface area (TPSA) is 21.3 Å². The highest BCUT2D eigenvalue weighted by atomic mass is 32.1. The molecule has 0 saturated heterocycles. The number of para-hydroxylation sites is 1. The first-order valence-corrected chi connectivity index (χ1v) is 8.62. The average Bonchev–Trinajstić information content (AvgIpc) is 2.94. The highest BCUT2D eigenvalue weighted by Gasteiger charge is 2.30. The van der Waals surface area contributed by atoms with Crippen LogP contribution in [0, 0.1) is 6.92 Å². The van der Waals surface area contributed by atoms with Gasteiger partial charge in [-0.15, -0.1) is 11.3 Å². The molecule has 1 N–H and O–H groups in total. The van der Waals surface area contributed by atoms with Gasteiger partial charge >= 0.3 is 0 Å². The van der Waals surface area contributed by atoms with E-state index in [1.54, 1.807) is 0 Å². The van der Waals surface area contributed by atoms with E-state index < -0.39 is 0 Å². The molecule has 0 radical (unpaired) electrons. The molecule has 0 amide bonds. The number of hydrogen-bond acceptors (Lipinski definition) is 3. The number of rotatable bonds is 5. The Morgan fingerprint density at radius 1 is 1.29 bits per heavy atom. The van der Waals surface area contributed by atoms with Crippen LogP contribution in [0.2, 0.25) is 0 Å². The Hall–Kier alpha value is -1.32. The van der Waals surface area contributed by atoms with E-state index in [1.807, 2.05) is 11.3 Å². The van der Waals surface area contributed by atoms with E-state index in [4.69, 9.17) is 4.74 Å². The summed E-state index contributed by atoms with van der Waals surface area (Å²) in [5.74, 6) is 1.56. The Kier molecular flexibility index (Phi) is 4.61. The van der Waals surface area contributed by atoms with Gasteiger partial charge in [-0.25, -0.2) is 0 Å². The van der Waals surface area contributed by atoms with E-state index in [0.29, 0.717) is 12.0 Å². The summed E-state index contributed by atoms with van der Waals surface area (Å²) in [4.78, 5) is 2.83. The molecule has 3 rings (SSSR count). The summed E-state index contributed by atoms with van der Waals surface area (Å²) in [6.45, 7) is 6.28. The zero-order valence-electron chi connectivity index (χ0n) is 12.8. The van der Waals surface area contributed by atoms with Gasteiger partial charge in [0.15, 0.2) is 0 Å². The minimum absolute atomic E-state index is 0.397. The first-order valence-electron chi connectivity index (χ1n) is 7.81. The molecule has 2 unspecified atom stereocenters. The van der Waals surface area contributed by atoms with E-state index in [2.05, 4.69) is 55.6 Å². The van der Waals surface area contributed by atoms with Gasteiger partial charge in [0.05, 0.1) is 6.61 Å². The van der Waals surface area contributed by atoms with Crippen molar-refractivity contribution in [2.24, 2.45) is 0 Å². The monoisotopic (exact) mass is 301 g/mol. The molecule has 1 aliphatic heterocycles. The average molecular weight is 301 g/mol. The fourth-order valence-electron chi connectivity index (χ4n) is 3.08. The van der Waals surface area contributed by atoms with E-state index in [-0.39, 0.29) is 0 Å². The molecule has 2 heterocycles. The molecule has 1 aliphatic rings. The first-order chi connectivity index (χ1) is 10.3. The molecule has 2 atom stereocenters. The van der Waals surface area contributed by atoms with Crippen molar-refractivity contribution in [1.29, 1.82) is 0 Å². The number of ether oxygens (including phenoxy) is 1. The minimum atomic E-state index is 0.397. The standard InChI is InChI=1S/C18H23NOS/c1-3-11-19-18(17-9-8-13(2)21-17)15-10-12-20-16-7-5-4-6-14(15)16/h4-9,15,18-19H,3,10-12H2,1-2H3. The molecule has 0 saturated carbocycles. The van der Waals surface area contributed by atoms with E-state index in [0.717, 1.165) is 31.7 Å². The van der Waals surface area contributed by atoms with Crippen LogP contribution in [0.15, 0.2) is 36.4 Å². The SMILES string of the molecule is CCCNC(c1ccc(C)s1)C1CCOc2ccccc21. The van der Waals surface area contributed by atoms with Crippen molar-refractivity contribution in [3.8, 4) is 5.75 Å². The highest BCUT2D eigenvalue weighted by Crippen LogP contribution is 2.42. The summed E-state index contributed by atoms with van der Waals surface area (Å²) in [5.41, 5.74) is 1.35. The zero-order valence-corrected chi connectivity index (χ0v) is 13.6. The van der Waals surface area contributed by atoms with E-state index in [1.165, 1.54) is 15.3 Å². The van der Waals surface area contributed by atoms with Gasteiger partial charge in [0.1, 0.15) is 5.75 Å². The molecular weight excluding hydrogens is 278 g/mol. The van der Waals surface area contributed by atoms with Crippen LogP contribution in [0.4, 0.5) is 0 Å². The van der Waals surface area contributed by atoms with Crippen molar-refractivity contribution < 1.29 is 4.74 Å². The number of hydrogen-bond donors (Lipinski definition) is 1. The van der Waals surface area contributed by atoms with Crippen molar-refractivity contribution in [3.63, 3.8) is 0 Å². The van der Waals surface area contributed by atoms with Crippen LogP contribution in [-0.2, 0) is 0 Å². The van der Waals surface area contributed by atoms with Gasteiger partial charge in [-0.05, 0) is 50.1 Å². The van der Waals surface area contributed by atoms with Gasteiger partial charge in [-0.2, -0.15) is 0 Å². The Morgan fingerprint density at radius 2 is 2.14 bits per heavy atom. The summed E-state index contributed by atoms with van der Waals surface area (Å²) >= 11 is 1.91. The summed E-state index contributed by atoms with van der Waals surface area (Å²) in [5, 5.41) is 3.76. The predicted molar refractivity (Wildman–Crippen MR) is 89.4 cm³/mol. The van der Waals surface area contributed by atoms with Crippen molar-refractivity contribution in [2.45, 2.75) is 38.6 Å². The van der Waals surface area contributed by atoms with Crippen molar-refractivity contribution >= 4 is 11.3 Å². The summed E-state index contributed by atoms with van der Waals surface area (Å²) in [7, 11) is 0. The van der Waals surface area contributed by atoms with Crippen LogP contribution >= 0.6 is 11.3 Å². The Labute approximate surface area is 131 Å². The Balaban J connectivity index is 1.93. The van der Waals surface area contributed by atoms with Crippen LogP contribution in [0.3, 0.4) is 0 Å². The number of fused-ring (bicyclic) bond motifs is 1. The van der Waals surface area contributed by atoms with Crippen LogP contribution in [0.5, 0.6) is 5.75 Å². The number of thiophene rings is 1. The zero-order chi connectivity index (χ0) is 14.7. The van der Waals surface area contributed by atoms with Gasteiger partial charge in [0.2, 0.25) is 0 Å². The molecule has 1 aromatic carbocycles. The Morgan fingerprint density at radius 3 is 2.90 bits per heavy atom. The summed E-state index contributed by atoms with van der Waals surface area (Å²) in [6, 6.07) is 13.4. The van der Waals surface area contributed by atoms with Crippen LogP contribution in [-0.4, -0.2) is 13.2 Å². The second-order valence-corrected chi connectivity index (χ2v) is 6.98. The van der Waals surface area contributed by atoms with Gasteiger partial charge in [-0.1, -0.05) is 25.1 Å². The number of nitrogens with one attached hydrogen (secondary N) is 1. The van der Waals surface area contributed by atoms with Gasteiger partial charge in [-0.3, -0.25) is 0 Å². The summed E-state index contributed by atoms with van der Waals surface area (Å²) in [6.07, 6.45) is 2.24. The fraction of sp³-hybridized carbons (Fsp3) is 0.444. The molecule has 1 aromatic heterocycles. The molecule has 0 spiro atoms. The molecule has 21 heavy (non-hydrogen) atoms. The lowest BCUT2D eigenvalue weighted by Crippen LogP contribution is -2.30. The van der Waals surface area contributed by atoms with Crippen molar-refractivity contribution in [3.05, 3.63) is 51.7 Å². The lowest BCUT2D eigenvalue weighted by molar-refractivity contribution is 0.246. The predicted octanol–water partition coefficient (Wildman–Crippen LogP) is 4.66. The maximum absolute atomic E-state index is 5.83. The van der Waals surface area contributed by atoms with Crippen LogP contribution in [0.25, 0.3) is 0 Å².